The number of amides is 1. The first kappa shape index (κ1) is 27.0. The van der Waals surface area contributed by atoms with E-state index in [0.29, 0.717) is 40.9 Å². The molecule has 1 heterocycles. The average molecular weight is 497 g/mol. The Hall–Kier alpha value is -2.29. The molecule has 182 valence electrons. The lowest BCUT2D eigenvalue weighted by molar-refractivity contribution is 0.0719. The normalized spacial score (nSPS) is 13.6. The van der Waals surface area contributed by atoms with Crippen LogP contribution in [0.5, 0.6) is 28.7 Å². The van der Waals surface area contributed by atoms with Gasteiger partial charge in [-0.25, -0.2) is 0 Å². The Labute approximate surface area is 206 Å². The predicted molar refractivity (Wildman–Crippen MR) is 135 cm³/mol. The van der Waals surface area contributed by atoms with Gasteiger partial charge in [-0.2, -0.15) is 11.8 Å². The van der Waals surface area contributed by atoms with E-state index < -0.39 is 0 Å². The predicted octanol–water partition coefficient (Wildman–Crippen LogP) is 4.40. The second-order valence-electron chi connectivity index (χ2n) is 7.57. The fraction of sp³-hybridized carbons (Fsp3) is 0.458. The highest BCUT2D eigenvalue weighted by Gasteiger charge is 2.30. The molecule has 0 spiro atoms. The molecular weight excluding hydrogens is 464 g/mol. The Balaban J connectivity index is 0.00000385. The SMILES string of the molecule is COc1c(Oc2ccc(CCN)cc2)cc(C(=O)N(C)C2CCSCC2)c(OC)c1OC.Cl. The van der Waals surface area contributed by atoms with Gasteiger partial charge in [0.2, 0.25) is 11.5 Å². The zero-order chi connectivity index (χ0) is 23.1. The van der Waals surface area contributed by atoms with Crippen LogP contribution < -0.4 is 24.7 Å². The summed E-state index contributed by atoms with van der Waals surface area (Å²) in [5.74, 6) is 3.99. The Kier molecular flexibility index (Phi) is 10.5. The van der Waals surface area contributed by atoms with Gasteiger partial charge in [0.25, 0.3) is 5.91 Å². The molecule has 1 amide bonds. The van der Waals surface area contributed by atoms with Crippen molar-refractivity contribution in [3.63, 3.8) is 0 Å². The fourth-order valence-corrected chi connectivity index (χ4v) is 4.94. The lowest BCUT2D eigenvalue weighted by atomic mass is 10.1. The summed E-state index contributed by atoms with van der Waals surface area (Å²) < 4.78 is 22.9. The van der Waals surface area contributed by atoms with Crippen LogP contribution in [0.2, 0.25) is 0 Å². The van der Waals surface area contributed by atoms with Gasteiger partial charge in [-0.05, 0) is 55.0 Å². The third kappa shape index (κ3) is 6.19. The van der Waals surface area contributed by atoms with E-state index in [2.05, 4.69) is 0 Å². The molecule has 3 rings (SSSR count). The molecule has 0 aromatic heterocycles. The summed E-state index contributed by atoms with van der Waals surface area (Å²) in [6.07, 6.45) is 2.74. The quantitative estimate of drug-likeness (QED) is 0.551. The average Bonchev–Trinajstić information content (AvgIpc) is 2.84. The number of nitrogens with zero attached hydrogens (tertiary/aromatic N) is 1. The number of carbonyl (C=O) groups excluding carboxylic acids is 1. The standard InChI is InChI=1S/C24H32N2O5S.ClH/c1-26(17-10-13-32-14-11-17)24(27)19-15-20(22(29-3)23(30-4)21(19)28-2)31-18-7-5-16(6-8-18)9-12-25;/h5-8,15,17H,9-14,25H2,1-4H3;1H. The molecule has 0 radical (unpaired) electrons. The topological polar surface area (TPSA) is 83.3 Å². The molecule has 9 heteroatoms. The van der Waals surface area contributed by atoms with Gasteiger partial charge in [-0.1, -0.05) is 12.1 Å². The minimum absolute atomic E-state index is 0. The van der Waals surface area contributed by atoms with Crippen molar-refractivity contribution in [2.75, 3.05) is 46.4 Å². The maximum Gasteiger partial charge on any atom is 0.257 e. The minimum Gasteiger partial charge on any atom is -0.492 e. The first-order valence-electron chi connectivity index (χ1n) is 10.7. The number of methoxy groups -OCH3 is 3. The maximum atomic E-state index is 13.5. The van der Waals surface area contributed by atoms with Crippen LogP contribution in [-0.4, -0.2) is 63.3 Å². The van der Waals surface area contributed by atoms with Crippen LogP contribution >= 0.6 is 24.2 Å². The third-order valence-corrected chi connectivity index (χ3v) is 6.69. The number of nitrogens with two attached hydrogens (primary N) is 1. The molecule has 1 aliphatic rings. The van der Waals surface area contributed by atoms with E-state index in [-0.39, 0.29) is 24.4 Å². The van der Waals surface area contributed by atoms with Crippen molar-refractivity contribution < 1.29 is 23.7 Å². The summed E-state index contributed by atoms with van der Waals surface area (Å²) in [5, 5.41) is 0. The van der Waals surface area contributed by atoms with Gasteiger partial charge in [-0.15, -0.1) is 12.4 Å². The second-order valence-corrected chi connectivity index (χ2v) is 8.79. The molecule has 0 bridgehead atoms. The number of carbonyl (C=O) groups is 1. The van der Waals surface area contributed by atoms with Gasteiger partial charge in [0.05, 0.1) is 26.9 Å². The zero-order valence-electron chi connectivity index (χ0n) is 19.6. The molecule has 2 N–H and O–H groups in total. The van der Waals surface area contributed by atoms with Crippen LogP contribution in [0.15, 0.2) is 30.3 Å². The van der Waals surface area contributed by atoms with Gasteiger partial charge in [0.1, 0.15) is 5.75 Å². The third-order valence-electron chi connectivity index (χ3n) is 5.64. The van der Waals surface area contributed by atoms with E-state index in [1.807, 2.05) is 43.1 Å². The van der Waals surface area contributed by atoms with Crippen LogP contribution in [-0.2, 0) is 6.42 Å². The van der Waals surface area contributed by atoms with Crippen molar-refractivity contribution >= 4 is 30.1 Å². The molecule has 2 aromatic carbocycles. The summed E-state index contributed by atoms with van der Waals surface area (Å²) in [7, 11) is 6.40. The van der Waals surface area contributed by atoms with Crippen molar-refractivity contribution in [2.24, 2.45) is 5.73 Å². The summed E-state index contributed by atoms with van der Waals surface area (Å²) >= 11 is 1.92. The molecular formula is C24H33ClN2O5S. The van der Waals surface area contributed by atoms with Gasteiger partial charge < -0.3 is 29.6 Å². The highest BCUT2D eigenvalue weighted by molar-refractivity contribution is 7.99. The van der Waals surface area contributed by atoms with Crippen molar-refractivity contribution in [3.05, 3.63) is 41.5 Å². The van der Waals surface area contributed by atoms with Crippen molar-refractivity contribution in [1.82, 2.24) is 4.90 Å². The Bertz CT molecular complexity index is 920. The number of ether oxygens (including phenoxy) is 4. The second kappa shape index (κ2) is 12.8. The molecule has 0 aliphatic carbocycles. The van der Waals surface area contributed by atoms with E-state index in [9.17, 15) is 4.79 Å². The fourth-order valence-electron chi connectivity index (χ4n) is 3.86. The van der Waals surface area contributed by atoms with Crippen LogP contribution in [0, 0.1) is 0 Å². The summed E-state index contributed by atoms with van der Waals surface area (Å²) in [4.78, 5) is 15.3. The monoisotopic (exact) mass is 496 g/mol. The molecule has 7 nitrogen and oxygen atoms in total. The number of benzene rings is 2. The van der Waals surface area contributed by atoms with Crippen molar-refractivity contribution in [3.8, 4) is 28.7 Å². The van der Waals surface area contributed by atoms with E-state index in [1.165, 1.54) is 21.3 Å². The van der Waals surface area contributed by atoms with E-state index in [0.717, 1.165) is 36.3 Å². The largest absolute Gasteiger partial charge is 0.492 e. The lowest BCUT2D eigenvalue weighted by Crippen LogP contribution is -2.39. The molecule has 1 saturated heterocycles. The van der Waals surface area contributed by atoms with Gasteiger partial charge >= 0.3 is 0 Å². The summed E-state index contributed by atoms with van der Waals surface area (Å²) in [6, 6.07) is 9.54. The Morgan fingerprint density at radius 3 is 2.18 bits per heavy atom. The molecule has 2 aromatic rings. The molecule has 1 aliphatic heterocycles. The molecule has 0 unspecified atom stereocenters. The zero-order valence-corrected chi connectivity index (χ0v) is 21.2. The summed E-state index contributed by atoms with van der Waals surface area (Å²) in [5.41, 5.74) is 7.13. The van der Waals surface area contributed by atoms with E-state index in [4.69, 9.17) is 24.7 Å². The van der Waals surface area contributed by atoms with Gasteiger partial charge in [0, 0.05) is 19.2 Å². The van der Waals surface area contributed by atoms with Crippen LogP contribution in [0.4, 0.5) is 0 Å². The van der Waals surface area contributed by atoms with Crippen LogP contribution in [0.3, 0.4) is 0 Å². The van der Waals surface area contributed by atoms with Crippen molar-refractivity contribution in [1.29, 1.82) is 0 Å². The van der Waals surface area contributed by atoms with Crippen LogP contribution in [0.25, 0.3) is 0 Å². The Morgan fingerprint density at radius 2 is 1.64 bits per heavy atom. The van der Waals surface area contributed by atoms with Gasteiger partial charge in [-0.3, -0.25) is 4.79 Å². The highest BCUT2D eigenvalue weighted by Crippen LogP contribution is 2.48. The number of thioether (sulfide) groups is 1. The summed E-state index contributed by atoms with van der Waals surface area (Å²) in [6.45, 7) is 0.586. The number of hydrogen-bond donors (Lipinski definition) is 1. The number of halogens is 1. The first-order chi connectivity index (χ1) is 15.5. The Morgan fingerprint density at radius 1 is 1.03 bits per heavy atom. The molecule has 0 saturated carbocycles. The minimum atomic E-state index is -0.136. The molecule has 33 heavy (non-hydrogen) atoms. The smallest absolute Gasteiger partial charge is 0.257 e. The molecule has 0 atom stereocenters. The number of hydrogen-bond acceptors (Lipinski definition) is 7. The lowest BCUT2D eigenvalue weighted by Gasteiger charge is -2.31. The maximum absolute atomic E-state index is 13.5. The van der Waals surface area contributed by atoms with E-state index >= 15 is 0 Å². The first-order valence-corrected chi connectivity index (χ1v) is 11.8. The van der Waals surface area contributed by atoms with Gasteiger partial charge in [0.15, 0.2) is 11.5 Å². The molecule has 1 fully saturated rings. The van der Waals surface area contributed by atoms with E-state index in [1.54, 1.807) is 11.0 Å². The number of rotatable bonds is 9. The highest BCUT2D eigenvalue weighted by atomic mass is 35.5. The van der Waals surface area contributed by atoms with Crippen molar-refractivity contribution in [2.45, 2.75) is 25.3 Å². The van der Waals surface area contributed by atoms with Crippen LogP contribution in [0.1, 0.15) is 28.8 Å².